The molecule has 1 amide bonds. The lowest BCUT2D eigenvalue weighted by Gasteiger charge is -2.23. The van der Waals surface area contributed by atoms with Crippen molar-refractivity contribution >= 4 is 11.9 Å². The fourth-order valence-corrected chi connectivity index (χ4v) is 1.96. The molecule has 0 saturated carbocycles. The molecule has 0 saturated heterocycles. The van der Waals surface area contributed by atoms with Gasteiger partial charge in [-0.3, -0.25) is 9.59 Å². The van der Waals surface area contributed by atoms with Crippen molar-refractivity contribution in [2.75, 3.05) is 13.1 Å². The van der Waals surface area contributed by atoms with Gasteiger partial charge in [0, 0.05) is 18.7 Å². The van der Waals surface area contributed by atoms with Crippen molar-refractivity contribution in [1.29, 1.82) is 0 Å². The van der Waals surface area contributed by atoms with Gasteiger partial charge in [0.25, 0.3) is 5.91 Å². The van der Waals surface area contributed by atoms with Gasteiger partial charge in [0.1, 0.15) is 0 Å². The third-order valence-corrected chi connectivity index (χ3v) is 3.41. The lowest BCUT2D eigenvalue weighted by molar-refractivity contribution is -0.141. The van der Waals surface area contributed by atoms with E-state index in [1.54, 1.807) is 11.8 Å². The molecule has 0 aromatic heterocycles. The van der Waals surface area contributed by atoms with E-state index in [2.05, 4.69) is 13.8 Å². The molecule has 1 unspecified atom stereocenters. The van der Waals surface area contributed by atoms with Crippen LogP contribution in [-0.4, -0.2) is 35.0 Å². The minimum absolute atomic E-state index is 0.115. The zero-order chi connectivity index (χ0) is 15.3. The van der Waals surface area contributed by atoms with Gasteiger partial charge in [0.05, 0.1) is 5.92 Å². The van der Waals surface area contributed by atoms with E-state index in [0.717, 1.165) is 0 Å². The molecule has 4 nitrogen and oxygen atoms in total. The maximum Gasteiger partial charge on any atom is 0.308 e. The molecule has 4 heteroatoms. The number of carbonyl (C=O) groups excluding carboxylic acids is 1. The molecule has 0 bridgehead atoms. The van der Waals surface area contributed by atoms with E-state index in [-0.39, 0.29) is 12.5 Å². The van der Waals surface area contributed by atoms with Gasteiger partial charge in [-0.1, -0.05) is 32.9 Å². The van der Waals surface area contributed by atoms with Crippen molar-refractivity contribution in [3.63, 3.8) is 0 Å². The summed E-state index contributed by atoms with van der Waals surface area (Å²) in [6.45, 7) is 8.40. The van der Waals surface area contributed by atoms with Gasteiger partial charge in [-0.05, 0) is 30.5 Å². The van der Waals surface area contributed by atoms with Gasteiger partial charge >= 0.3 is 5.97 Å². The Labute approximate surface area is 120 Å². The number of carbonyl (C=O) groups is 2. The first kappa shape index (κ1) is 16.2. The predicted octanol–water partition coefficient (Wildman–Crippen LogP) is 2.99. The average molecular weight is 277 g/mol. The van der Waals surface area contributed by atoms with E-state index in [9.17, 15) is 9.59 Å². The first-order valence-corrected chi connectivity index (χ1v) is 6.98. The van der Waals surface area contributed by atoms with Gasteiger partial charge in [-0.25, -0.2) is 0 Å². The predicted molar refractivity (Wildman–Crippen MR) is 78.9 cm³/mol. The molecule has 1 aromatic carbocycles. The van der Waals surface area contributed by atoms with E-state index >= 15 is 0 Å². The highest BCUT2D eigenvalue weighted by atomic mass is 16.4. The highest BCUT2D eigenvalue weighted by Crippen LogP contribution is 2.16. The number of rotatable bonds is 6. The van der Waals surface area contributed by atoms with Crippen LogP contribution in [0.5, 0.6) is 0 Å². The molecule has 1 atom stereocenters. The van der Waals surface area contributed by atoms with Crippen LogP contribution >= 0.6 is 0 Å². The highest BCUT2D eigenvalue weighted by molar-refractivity contribution is 5.94. The van der Waals surface area contributed by atoms with Crippen LogP contribution in [0.3, 0.4) is 0 Å². The van der Waals surface area contributed by atoms with Crippen LogP contribution < -0.4 is 0 Å². The number of carboxylic acids is 1. The minimum atomic E-state index is -0.883. The molecule has 0 spiro atoms. The van der Waals surface area contributed by atoms with E-state index in [1.807, 2.05) is 31.2 Å². The summed E-state index contributed by atoms with van der Waals surface area (Å²) in [4.78, 5) is 24.8. The van der Waals surface area contributed by atoms with Gasteiger partial charge in [0.2, 0.25) is 0 Å². The summed E-state index contributed by atoms with van der Waals surface area (Å²) in [5.74, 6) is -1.13. The molecule has 0 heterocycles. The lowest BCUT2D eigenvalue weighted by atomic mass is 10.0. The summed E-state index contributed by atoms with van der Waals surface area (Å²) < 4.78 is 0. The Balaban J connectivity index is 2.83. The van der Waals surface area contributed by atoms with Crippen LogP contribution in [-0.2, 0) is 4.79 Å². The topological polar surface area (TPSA) is 57.6 Å². The maximum absolute atomic E-state index is 12.3. The molecular formula is C16H23NO3. The monoisotopic (exact) mass is 277 g/mol. The largest absolute Gasteiger partial charge is 0.481 e. The zero-order valence-electron chi connectivity index (χ0n) is 12.6. The molecule has 1 rings (SSSR count). The number of carboxylic acid groups (broad SMARTS) is 1. The van der Waals surface area contributed by atoms with Crippen molar-refractivity contribution in [2.24, 2.45) is 5.92 Å². The number of benzene rings is 1. The Morgan fingerprint density at radius 3 is 2.10 bits per heavy atom. The molecule has 0 aliphatic rings. The molecule has 1 aromatic rings. The number of amides is 1. The fraction of sp³-hybridized carbons (Fsp3) is 0.500. The van der Waals surface area contributed by atoms with Gasteiger partial charge in [-0.2, -0.15) is 0 Å². The first-order valence-electron chi connectivity index (χ1n) is 6.98. The number of hydrogen-bond acceptors (Lipinski definition) is 2. The standard InChI is InChI=1S/C16H23NO3/c1-5-17(10-12(4)16(19)20)15(18)14-8-6-13(7-9-14)11(2)3/h6-9,11-12H,5,10H2,1-4H3,(H,19,20). The van der Waals surface area contributed by atoms with Crippen molar-refractivity contribution in [3.8, 4) is 0 Å². The molecule has 0 fully saturated rings. The summed E-state index contributed by atoms with van der Waals surface area (Å²) in [5, 5.41) is 8.94. The first-order chi connectivity index (χ1) is 9.36. The Hall–Kier alpha value is -1.84. The van der Waals surface area contributed by atoms with Crippen molar-refractivity contribution < 1.29 is 14.7 Å². The molecule has 0 aliphatic carbocycles. The Morgan fingerprint density at radius 1 is 1.15 bits per heavy atom. The van der Waals surface area contributed by atoms with Crippen LogP contribution in [0.15, 0.2) is 24.3 Å². The quantitative estimate of drug-likeness (QED) is 0.869. The molecular weight excluding hydrogens is 254 g/mol. The second-order valence-corrected chi connectivity index (χ2v) is 5.36. The second-order valence-electron chi connectivity index (χ2n) is 5.36. The number of nitrogens with zero attached hydrogens (tertiary/aromatic N) is 1. The summed E-state index contributed by atoms with van der Waals surface area (Å²) in [6, 6.07) is 7.52. The Bertz CT molecular complexity index is 465. The molecule has 0 radical (unpaired) electrons. The average Bonchev–Trinajstić information content (AvgIpc) is 2.43. The van der Waals surface area contributed by atoms with Gasteiger partial charge in [-0.15, -0.1) is 0 Å². The van der Waals surface area contributed by atoms with Crippen molar-refractivity contribution in [3.05, 3.63) is 35.4 Å². The summed E-state index contributed by atoms with van der Waals surface area (Å²) in [7, 11) is 0. The third-order valence-electron chi connectivity index (χ3n) is 3.41. The minimum Gasteiger partial charge on any atom is -0.481 e. The van der Waals surface area contributed by atoms with Crippen LogP contribution in [0.4, 0.5) is 0 Å². The van der Waals surface area contributed by atoms with Crippen molar-refractivity contribution in [2.45, 2.75) is 33.6 Å². The lowest BCUT2D eigenvalue weighted by Crippen LogP contribution is -2.36. The smallest absolute Gasteiger partial charge is 0.308 e. The summed E-state index contributed by atoms with van der Waals surface area (Å²) in [5.41, 5.74) is 1.79. The van der Waals surface area contributed by atoms with Crippen LogP contribution in [0.2, 0.25) is 0 Å². The van der Waals surface area contributed by atoms with E-state index in [4.69, 9.17) is 5.11 Å². The summed E-state index contributed by atoms with van der Waals surface area (Å²) in [6.07, 6.45) is 0. The highest BCUT2D eigenvalue weighted by Gasteiger charge is 2.20. The van der Waals surface area contributed by atoms with Crippen LogP contribution in [0.25, 0.3) is 0 Å². The SMILES string of the molecule is CCN(CC(C)C(=O)O)C(=O)c1ccc(C(C)C)cc1. The number of hydrogen-bond donors (Lipinski definition) is 1. The fourth-order valence-electron chi connectivity index (χ4n) is 1.96. The van der Waals surface area contributed by atoms with Gasteiger partial charge < -0.3 is 10.0 Å². The Morgan fingerprint density at radius 2 is 1.70 bits per heavy atom. The van der Waals surface area contributed by atoms with Crippen LogP contribution in [0.1, 0.15) is 49.5 Å². The second kappa shape index (κ2) is 7.08. The normalized spacial score (nSPS) is 12.2. The molecule has 20 heavy (non-hydrogen) atoms. The van der Waals surface area contributed by atoms with E-state index in [1.165, 1.54) is 5.56 Å². The van der Waals surface area contributed by atoms with Gasteiger partial charge in [0.15, 0.2) is 0 Å². The number of aliphatic carboxylic acids is 1. The van der Waals surface area contributed by atoms with Crippen LogP contribution in [0, 0.1) is 5.92 Å². The third kappa shape index (κ3) is 4.08. The van der Waals surface area contributed by atoms with Crippen molar-refractivity contribution in [1.82, 2.24) is 4.90 Å². The maximum atomic E-state index is 12.3. The Kier molecular flexibility index (Phi) is 5.74. The molecule has 0 aliphatic heterocycles. The zero-order valence-corrected chi connectivity index (χ0v) is 12.6. The molecule has 110 valence electrons. The summed E-state index contributed by atoms with van der Waals surface area (Å²) >= 11 is 0. The van der Waals surface area contributed by atoms with E-state index in [0.29, 0.717) is 18.0 Å². The van der Waals surface area contributed by atoms with E-state index < -0.39 is 11.9 Å². The molecule has 1 N–H and O–H groups in total.